The summed E-state index contributed by atoms with van der Waals surface area (Å²) in [5.41, 5.74) is -2.50. The Balaban J connectivity index is 1.97. The largest absolute Gasteiger partial charge is 0.479 e. The number of likely N-dealkylation sites (tertiary alicyclic amines) is 1. The van der Waals surface area contributed by atoms with Crippen molar-refractivity contribution in [2.45, 2.75) is 129 Å². The van der Waals surface area contributed by atoms with Gasteiger partial charge in [0.2, 0.25) is 0 Å². The number of carbonyl (C=O) groups is 4. The van der Waals surface area contributed by atoms with Crippen molar-refractivity contribution in [3.63, 3.8) is 0 Å². The van der Waals surface area contributed by atoms with Gasteiger partial charge in [0.1, 0.15) is 22.6 Å². The van der Waals surface area contributed by atoms with Gasteiger partial charge in [-0.3, -0.25) is 0 Å². The number of allylic oxidation sites excluding steroid dienone is 1. The van der Waals surface area contributed by atoms with Crippen LogP contribution in [0.3, 0.4) is 0 Å². The first-order valence-corrected chi connectivity index (χ1v) is 17.7. The lowest BCUT2D eigenvalue weighted by atomic mass is 9.89. The molecule has 0 spiro atoms. The number of pyridine rings is 1. The highest BCUT2D eigenvalue weighted by atomic mass is 35.5. The molecular weight excluding hydrogens is 688 g/mol. The van der Waals surface area contributed by atoms with Gasteiger partial charge >= 0.3 is 24.2 Å². The molecule has 1 saturated heterocycles. The van der Waals surface area contributed by atoms with Gasteiger partial charge in [-0.25, -0.2) is 29.2 Å². The number of aromatic nitrogens is 1. The molecule has 3 heterocycles. The molecule has 1 unspecified atom stereocenters. The van der Waals surface area contributed by atoms with E-state index in [1.807, 2.05) is 18.7 Å². The lowest BCUT2D eigenvalue weighted by Gasteiger charge is -2.45. The van der Waals surface area contributed by atoms with E-state index >= 15 is 0 Å². The number of hydrogen-bond donors (Lipinski definition) is 2. The number of aliphatic imine (C=N–C) groups is 1. The van der Waals surface area contributed by atoms with Gasteiger partial charge in [0.05, 0.1) is 15.7 Å². The van der Waals surface area contributed by atoms with E-state index in [2.05, 4.69) is 10.3 Å². The number of halogens is 1. The number of imide groups is 1. The summed E-state index contributed by atoms with van der Waals surface area (Å²) in [6.07, 6.45) is -0.0522. The maximum atomic E-state index is 13.3. The number of amides is 3. The van der Waals surface area contributed by atoms with Gasteiger partial charge in [0, 0.05) is 36.3 Å². The number of nitrogens with one attached hydrogen (secondary N) is 1. The van der Waals surface area contributed by atoms with Crippen LogP contribution >= 0.6 is 23.4 Å². The van der Waals surface area contributed by atoms with E-state index in [9.17, 15) is 24.3 Å². The molecule has 16 heteroatoms. The minimum Gasteiger partial charge on any atom is -0.479 e. The fraction of sp³-hybridized carbons (Fsp3) is 0.647. The van der Waals surface area contributed by atoms with Crippen LogP contribution in [0, 0.1) is 0 Å². The molecule has 1 aromatic heterocycles. The molecule has 3 rings (SSSR count). The van der Waals surface area contributed by atoms with Crippen molar-refractivity contribution in [2.24, 2.45) is 4.99 Å². The third-order valence-corrected chi connectivity index (χ3v) is 9.15. The zero-order valence-corrected chi connectivity index (χ0v) is 32.7. The van der Waals surface area contributed by atoms with Crippen LogP contribution < -0.4 is 10.2 Å². The highest BCUT2D eigenvalue weighted by molar-refractivity contribution is 8.03. The van der Waals surface area contributed by atoms with E-state index in [4.69, 9.17) is 30.8 Å². The van der Waals surface area contributed by atoms with Crippen molar-refractivity contribution in [2.75, 3.05) is 24.5 Å². The van der Waals surface area contributed by atoms with Crippen LogP contribution in [0.15, 0.2) is 32.9 Å². The monoisotopic (exact) mass is 738 g/mol. The molecule has 1 fully saturated rings. The number of ether oxygens (including phenoxy) is 3. The average molecular weight is 739 g/mol. The summed E-state index contributed by atoms with van der Waals surface area (Å²) in [6.45, 7) is 22.2. The number of carboxylic acid groups (broad SMARTS) is 1. The number of anilines is 1. The molecule has 0 radical (unpaired) electrons. The Kier molecular flexibility index (Phi) is 12.4. The van der Waals surface area contributed by atoms with Crippen LogP contribution in [0.2, 0.25) is 5.02 Å². The highest BCUT2D eigenvalue weighted by Crippen LogP contribution is 2.42. The molecule has 0 aromatic carbocycles. The number of piperidine rings is 1. The summed E-state index contributed by atoms with van der Waals surface area (Å²) in [5.74, 6) is -0.894. The number of amidine groups is 1. The van der Waals surface area contributed by atoms with Gasteiger partial charge in [-0.05, 0) is 102 Å². The normalized spacial score (nSPS) is 18.3. The Morgan fingerprint density at radius 2 is 1.52 bits per heavy atom. The number of aliphatic carboxylic acids is 1. The third kappa shape index (κ3) is 10.6. The van der Waals surface area contributed by atoms with E-state index in [-0.39, 0.29) is 10.8 Å². The molecule has 2 aliphatic heterocycles. The number of carbonyl (C=O) groups excluding carboxylic acids is 3. The molecule has 3 amide bonds. The molecule has 0 aliphatic carbocycles. The Labute approximate surface area is 303 Å². The van der Waals surface area contributed by atoms with Gasteiger partial charge in [-0.1, -0.05) is 23.4 Å². The van der Waals surface area contributed by atoms with Gasteiger partial charge < -0.3 is 34.4 Å². The second kappa shape index (κ2) is 15.3. The zero-order valence-electron chi connectivity index (χ0n) is 31.1. The maximum Gasteiger partial charge on any atom is 0.425 e. The lowest BCUT2D eigenvalue weighted by Crippen LogP contribution is -2.59. The highest BCUT2D eigenvalue weighted by Gasteiger charge is 2.42. The summed E-state index contributed by atoms with van der Waals surface area (Å²) >= 11 is 8.00. The van der Waals surface area contributed by atoms with E-state index < -0.39 is 52.6 Å². The van der Waals surface area contributed by atoms with Crippen molar-refractivity contribution in [1.29, 1.82) is 0 Å². The summed E-state index contributed by atoms with van der Waals surface area (Å²) < 4.78 is 16.4. The third-order valence-electron chi connectivity index (χ3n) is 7.38. The Bertz CT molecular complexity index is 1510. The first-order chi connectivity index (χ1) is 22.8. The number of likely N-dealkylation sites (N-methyl/N-ethyl adjacent to an activating group) is 1. The standard InChI is InChI=1S/C34H51ClN6O8S/c1-13-40-23(27(42)43)25(39-18-15-34(12,16-19-39)38-28(44)47-31(3,4)5)37-20(2)26(40)50-21-14-17-36-24(22(21)35)41(29(45)48-32(6,7)8)30(46)49-33(9,10)11/h14,17,23H,13,15-16,18-19H2,1-12H3,(H,38,44)(H,42,43). The number of nitrogens with zero attached hydrogens (tertiary/aromatic N) is 5. The fourth-order valence-corrected chi connectivity index (χ4v) is 6.59. The molecule has 14 nitrogen and oxygen atoms in total. The molecule has 50 heavy (non-hydrogen) atoms. The minimum absolute atomic E-state index is 0.0416. The van der Waals surface area contributed by atoms with E-state index in [1.54, 1.807) is 80.2 Å². The van der Waals surface area contributed by atoms with Crippen molar-refractivity contribution >= 4 is 59.3 Å². The topological polar surface area (TPSA) is 163 Å². The van der Waals surface area contributed by atoms with Crippen molar-refractivity contribution in [3.8, 4) is 0 Å². The zero-order chi connectivity index (χ0) is 38.0. The molecule has 1 aromatic rings. The van der Waals surface area contributed by atoms with Crippen LogP contribution in [-0.4, -0.2) is 98.0 Å². The molecule has 0 bridgehead atoms. The maximum absolute atomic E-state index is 13.3. The van der Waals surface area contributed by atoms with Crippen molar-refractivity contribution in [1.82, 2.24) is 20.1 Å². The summed E-state index contributed by atoms with van der Waals surface area (Å²) in [5, 5.41) is 14.0. The molecule has 2 N–H and O–H groups in total. The predicted molar refractivity (Wildman–Crippen MR) is 193 cm³/mol. The Hall–Kier alpha value is -3.72. The SMILES string of the molecule is CCN1C(Sc2ccnc(N(C(=O)OC(C)(C)C)C(=O)OC(C)(C)C)c2Cl)=C(C)N=C(N2CCC(C)(NC(=O)OC(C)(C)C)CC2)C1C(=O)O. The number of carboxylic acids is 1. The van der Waals surface area contributed by atoms with Crippen LogP contribution in [0.5, 0.6) is 0 Å². The van der Waals surface area contributed by atoms with Gasteiger partial charge in [0.15, 0.2) is 11.9 Å². The average Bonchev–Trinajstić information content (AvgIpc) is 2.92. The van der Waals surface area contributed by atoms with Crippen LogP contribution in [0.1, 0.15) is 95.9 Å². The first-order valence-electron chi connectivity index (χ1n) is 16.5. The van der Waals surface area contributed by atoms with Gasteiger partial charge in [-0.2, -0.15) is 4.90 Å². The second-order valence-corrected chi connectivity index (χ2v) is 16.8. The van der Waals surface area contributed by atoms with Crippen LogP contribution in [-0.2, 0) is 19.0 Å². The molecule has 278 valence electrons. The van der Waals surface area contributed by atoms with E-state index in [1.165, 1.54) is 6.20 Å². The Morgan fingerprint density at radius 1 is 1.00 bits per heavy atom. The number of thioether (sulfide) groups is 1. The van der Waals surface area contributed by atoms with Crippen molar-refractivity contribution < 1.29 is 38.5 Å². The number of hydrogen-bond acceptors (Lipinski definition) is 12. The summed E-state index contributed by atoms with van der Waals surface area (Å²) in [6, 6.07) is 0.486. The second-order valence-electron chi connectivity index (χ2n) is 15.4. The van der Waals surface area contributed by atoms with E-state index in [0.29, 0.717) is 58.8 Å². The van der Waals surface area contributed by atoms with Crippen LogP contribution in [0.4, 0.5) is 20.2 Å². The first kappa shape index (κ1) is 40.7. The lowest BCUT2D eigenvalue weighted by molar-refractivity contribution is -0.140. The van der Waals surface area contributed by atoms with E-state index in [0.717, 1.165) is 11.8 Å². The number of rotatable bonds is 6. The summed E-state index contributed by atoms with van der Waals surface area (Å²) in [4.78, 5) is 65.8. The predicted octanol–water partition coefficient (Wildman–Crippen LogP) is 7.26. The fourth-order valence-electron chi connectivity index (χ4n) is 5.21. The Morgan fingerprint density at radius 3 is 1.98 bits per heavy atom. The smallest absolute Gasteiger partial charge is 0.425 e. The molecular formula is C34H51ClN6O8S. The van der Waals surface area contributed by atoms with Gasteiger partial charge in [0.25, 0.3) is 0 Å². The quantitative estimate of drug-likeness (QED) is 0.281. The summed E-state index contributed by atoms with van der Waals surface area (Å²) in [7, 11) is 0. The molecule has 1 atom stereocenters. The molecule has 2 aliphatic rings. The van der Waals surface area contributed by atoms with Crippen LogP contribution in [0.25, 0.3) is 0 Å². The minimum atomic E-state index is -1.12. The van der Waals surface area contributed by atoms with Crippen molar-refractivity contribution in [3.05, 3.63) is 28.0 Å². The number of alkyl carbamates (subject to hydrolysis) is 1. The van der Waals surface area contributed by atoms with Gasteiger partial charge in [-0.15, -0.1) is 0 Å². The molecule has 0 saturated carbocycles.